The molecule has 1 rings (SSSR count). The van der Waals surface area contributed by atoms with Gasteiger partial charge in [0.1, 0.15) is 10.1 Å². The van der Waals surface area contributed by atoms with Gasteiger partial charge in [-0.15, -0.1) is 0 Å². The van der Waals surface area contributed by atoms with Gasteiger partial charge in [-0.2, -0.15) is 8.42 Å². The Labute approximate surface area is 108 Å². The van der Waals surface area contributed by atoms with Crippen LogP contribution in [0.25, 0.3) is 0 Å². The summed E-state index contributed by atoms with van der Waals surface area (Å²) < 4.78 is 34.4. The Balaban J connectivity index is 2.87. The molecule has 94 valence electrons. The lowest BCUT2D eigenvalue weighted by Gasteiger charge is -2.14. The SMILES string of the molecule is CC(C)(Br)C(=O)Oc1ccc(S(=O)(=O)O)cc1. The van der Waals surface area contributed by atoms with E-state index in [9.17, 15) is 13.2 Å². The maximum absolute atomic E-state index is 11.5. The Morgan fingerprint density at radius 2 is 1.76 bits per heavy atom. The molecule has 0 aliphatic carbocycles. The van der Waals surface area contributed by atoms with Gasteiger partial charge in [0.15, 0.2) is 0 Å². The summed E-state index contributed by atoms with van der Waals surface area (Å²) in [4.78, 5) is 11.2. The van der Waals surface area contributed by atoms with Crippen molar-refractivity contribution >= 4 is 32.0 Å². The second kappa shape index (κ2) is 4.75. The third-order valence-corrected chi connectivity index (χ3v) is 3.01. The summed E-state index contributed by atoms with van der Waals surface area (Å²) in [5.74, 6) is -0.299. The first-order valence-corrected chi connectivity index (χ1v) is 6.83. The van der Waals surface area contributed by atoms with Crippen molar-refractivity contribution in [2.45, 2.75) is 23.1 Å². The number of carbonyl (C=O) groups excluding carboxylic acids is 1. The summed E-state index contributed by atoms with van der Waals surface area (Å²) in [6.07, 6.45) is 0. The van der Waals surface area contributed by atoms with Gasteiger partial charge in [-0.25, -0.2) is 0 Å². The van der Waals surface area contributed by atoms with E-state index in [1.807, 2.05) is 0 Å². The van der Waals surface area contributed by atoms with Gasteiger partial charge in [0, 0.05) is 0 Å². The molecule has 5 nitrogen and oxygen atoms in total. The first-order valence-electron chi connectivity index (χ1n) is 4.59. The minimum atomic E-state index is -4.23. The van der Waals surface area contributed by atoms with Crippen LogP contribution in [0.4, 0.5) is 0 Å². The molecule has 1 aromatic rings. The predicted molar refractivity (Wildman–Crippen MR) is 64.9 cm³/mol. The molecule has 0 spiro atoms. The fourth-order valence-electron chi connectivity index (χ4n) is 0.908. The number of halogens is 1. The second-order valence-electron chi connectivity index (χ2n) is 3.81. The van der Waals surface area contributed by atoms with Crippen LogP contribution in [-0.2, 0) is 14.9 Å². The van der Waals surface area contributed by atoms with E-state index in [-0.39, 0.29) is 10.6 Å². The topological polar surface area (TPSA) is 80.7 Å². The van der Waals surface area contributed by atoms with Crippen molar-refractivity contribution in [1.29, 1.82) is 0 Å². The molecule has 17 heavy (non-hydrogen) atoms. The van der Waals surface area contributed by atoms with Gasteiger partial charge in [0.05, 0.1) is 4.90 Å². The minimum Gasteiger partial charge on any atom is -0.426 e. The Kier molecular flexibility index (Phi) is 3.95. The molecule has 0 radical (unpaired) electrons. The summed E-state index contributed by atoms with van der Waals surface area (Å²) in [5.41, 5.74) is 0. The first kappa shape index (κ1) is 14.1. The maximum Gasteiger partial charge on any atom is 0.327 e. The molecule has 0 aromatic heterocycles. The summed E-state index contributed by atoms with van der Waals surface area (Å²) in [6, 6.07) is 4.89. The molecule has 0 atom stereocenters. The molecule has 0 saturated carbocycles. The fourth-order valence-corrected chi connectivity index (χ4v) is 1.47. The van der Waals surface area contributed by atoms with E-state index in [4.69, 9.17) is 9.29 Å². The van der Waals surface area contributed by atoms with Crippen LogP contribution in [0, 0.1) is 0 Å². The summed E-state index contributed by atoms with van der Waals surface area (Å²) in [6.45, 7) is 3.25. The van der Waals surface area contributed by atoms with Crippen molar-refractivity contribution in [2.24, 2.45) is 0 Å². The number of carbonyl (C=O) groups is 1. The number of rotatable bonds is 3. The van der Waals surface area contributed by atoms with E-state index < -0.39 is 20.4 Å². The zero-order chi connectivity index (χ0) is 13.3. The molecule has 0 fully saturated rings. The molecule has 1 aromatic carbocycles. The van der Waals surface area contributed by atoms with Crippen molar-refractivity contribution < 1.29 is 22.5 Å². The highest BCUT2D eigenvalue weighted by atomic mass is 79.9. The van der Waals surface area contributed by atoms with Crippen LogP contribution >= 0.6 is 15.9 Å². The number of hydrogen-bond acceptors (Lipinski definition) is 4. The highest BCUT2D eigenvalue weighted by Gasteiger charge is 2.26. The molecule has 0 saturated heterocycles. The van der Waals surface area contributed by atoms with Crippen molar-refractivity contribution in [2.75, 3.05) is 0 Å². The molecule has 1 N–H and O–H groups in total. The molecule has 0 bridgehead atoms. The highest BCUT2D eigenvalue weighted by molar-refractivity contribution is 9.10. The normalized spacial score (nSPS) is 12.2. The summed E-state index contributed by atoms with van der Waals surface area (Å²) in [5, 5.41) is 0. The van der Waals surface area contributed by atoms with Crippen LogP contribution < -0.4 is 4.74 Å². The van der Waals surface area contributed by atoms with E-state index in [1.165, 1.54) is 12.1 Å². The van der Waals surface area contributed by atoms with E-state index in [0.29, 0.717) is 0 Å². The minimum absolute atomic E-state index is 0.204. The lowest BCUT2D eigenvalue weighted by atomic mass is 10.2. The van der Waals surface area contributed by atoms with Gasteiger partial charge >= 0.3 is 5.97 Å². The van der Waals surface area contributed by atoms with E-state index in [0.717, 1.165) is 12.1 Å². The van der Waals surface area contributed by atoms with Crippen molar-refractivity contribution in [3.63, 3.8) is 0 Å². The molecule has 0 heterocycles. The van der Waals surface area contributed by atoms with Gasteiger partial charge < -0.3 is 4.74 Å². The van der Waals surface area contributed by atoms with E-state index in [1.54, 1.807) is 13.8 Å². The Morgan fingerprint density at radius 3 is 2.12 bits per heavy atom. The largest absolute Gasteiger partial charge is 0.426 e. The number of alkyl halides is 1. The van der Waals surface area contributed by atoms with Crippen LogP contribution in [0.3, 0.4) is 0 Å². The zero-order valence-corrected chi connectivity index (χ0v) is 11.6. The van der Waals surface area contributed by atoms with Crippen LogP contribution in [0.1, 0.15) is 13.8 Å². The molecule has 0 unspecified atom stereocenters. The van der Waals surface area contributed by atoms with Gasteiger partial charge in [-0.05, 0) is 38.1 Å². The number of hydrogen-bond donors (Lipinski definition) is 1. The average Bonchev–Trinajstić information content (AvgIpc) is 2.15. The molecule has 0 aliphatic heterocycles. The van der Waals surface area contributed by atoms with E-state index in [2.05, 4.69) is 15.9 Å². The van der Waals surface area contributed by atoms with Gasteiger partial charge in [0.2, 0.25) is 0 Å². The number of esters is 1. The van der Waals surface area contributed by atoms with E-state index >= 15 is 0 Å². The lowest BCUT2D eigenvalue weighted by Crippen LogP contribution is -2.29. The monoisotopic (exact) mass is 322 g/mol. The quantitative estimate of drug-likeness (QED) is 0.398. The Morgan fingerprint density at radius 1 is 1.29 bits per heavy atom. The van der Waals surface area contributed by atoms with Crippen molar-refractivity contribution in [1.82, 2.24) is 0 Å². The third-order valence-electron chi connectivity index (χ3n) is 1.82. The first-order chi connectivity index (χ1) is 7.60. The highest BCUT2D eigenvalue weighted by Crippen LogP contribution is 2.21. The average molecular weight is 323 g/mol. The van der Waals surface area contributed by atoms with Crippen LogP contribution in [-0.4, -0.2) is 23.3 Å². The standard InChI is InChI=1S/C10H11BrO5S/c1-10(2,11)9(12)16-7-3-5-8(6-4-7)17(13,14)15/h3-6H,1-2H3,(H,13,14,15). The molecular weight excluding hydrogens is 312 g/mol. The smallest absolute Gasteiger partial charge is 0.327 e. The predicted octanol–water partition coefficient (Wildman–Crippen LogP) is 2.01. The van der Waals surface area contributed by atoms with Crippen LogP contribution in [0.5, 0.6) is 5.75 Å². The number of ether oxygens (including phenoxy) is 1. The molecule has 7 heteroatoms. The second-order valence-corrected chi connectivity index (χ2v) is 7.21. The molecule has 0 aliphatic rings. The summed E-state index contributed by atoms with van der Waals surface area (Å²) >= 11 is 3.14. The maximum atomic E-state index is 11.5. The van der Waals surface area contributed by atoms with Crippen LogP contribution in [0.2, 0.25) is 0 Å². The Bertz CT molecular complexity index is 513. The van der Waals surface area contributed by atoms with Gasteiger partial charge in [0.25, 0.3) is 10.1 Å². The molecular formula is C10H11BrO5S. The fraction of sp³-hybridized carbons (Fsp3) is 0.300. The zero-order valence-electron chi connectivity index (χ0n) is 9.18. The number of benzene rings is 1. The Hall–Kier alpha value is -0.920. The third kappa shape index (κ3) is 4.10. The van der Waals surface area contributed by atoms with Gasteiger partial charge in [-0.1, -0.05) is 15.9 Å². The van der Waals surface area contributed by atoms with Gasteiger partial charge in [-0.3, -0.25) is 9.35 Å². The van der Waals surface area contributed by atoms with Crippen molar-refractivity contribution in [3.8, 4) is 5.75 Å². The lowest BCUT2D eigenvalue weighted by molar-refractivity contribution is -0.136. The summed E-state index contributed by atoms with van der Waals surface area (Å²) in [7, 11) is -4.23. The van der Waals surface area contributed by atoms with Crippen LogP contribution in [0.15, 0.2) is 29.2 Å². The molecule has 0 amide bonds. The van der Waals surface area contributed by atoms with Crippen molar-refractivity contribution in [3.05, 3.63) is 24.3 Å².